The smallest absolute Gasteiger partial charge is 0.330 e. The number of nitrogens with zero attached hydrogens (tertiary/aromatic N) is 2. The summed E-state index contributed by atoms with van der Waals surface area (Å²) in [6, 6.07) is 0. The molecule has 0 aliphatic carbocycles. The molecule has 16 heavy (non-hydrogen) atoms. The summed E-state index contributed by atoms with van der Waals surface area (Å²) in [7, 11) is 1.66. The van der Waals surface area contributed by atoms with Crippen LogP contribution in [0.2, 0.25) is 0 Å². The number of H-pyrrole nitrogens is 1. The van der Waals surface area contributed by atoms with Gasteiger partial charge in [0, 0.05) is 13.1 Å². The predicted molar refractivity (Wildman–Crippen MR) is 56.1 cm³/mol. The first-order chi connectivity index (χ1) is 7.65. The number of carbonyl (C=O) groups is 1. The number of amides is 1. The summed E-state index contributed by atoms with van der Waals surface area (Å²) >= 11 is 0. The fourth-order valence-corrected chi connectivity index (χ4v) is 1.09. The molecule has 0 fully saturated rings. The molecule has 0 bridgehead atoms. The Bertz CT molecular complexity index is 463. The second-order valence-corrected chi connectivity index (χ2v) is 3.06. The summed E-state index contributed by atoms with van der Waals surface area (Å²) in [5.74, 6) is -0.173. The van der Waals surface area contributed by atoms with Gasteiger partial charge in [0.25, 0.3) is 0 Å². The molecule has 0 aliphatic heterocycles. The number of hydrogen-bond acceptors (Lipinski definition) is 5. The standard InChI is InChI=1S/C8H13N5O3/c1-9-4-6(14)10-2-3-13-5-11-12-7(15)8(13)16/h5,9H,2-4H2,1H3,(H,10,14)(H,12,15). The van der Waals surface area contributed by atoms with E-state index >= 15 is 0 Å². The van der Waals surface area contributed by atoms with Crippen molar-refractivity contribution in [2.24, 2.45) is 0 Å². The molecule has 0 saturated heterocycles. The Morgan fingerprint density at radius 1 is 1.56 bits per heavy atom. The van der Waals surface area contributed by atoms with Gasteiger partial charge in [0.05, 0.1) is 6.54 Å². The van der Waals surface area contributed by atoms with Crippen LogP contribution in [0.1, 0.15) is 0 Å². The number of hydrogen-bond donors (Lipinski definition) is 3. The molecule has 1 rings (SSSR count). The topological polar surface area (TPSA) is 109 Å². The number of nitrogens with one attached hydrogen (secondary N) is 3. The summed E-state index contributed by atoms with van der Waals surface area (Å²) in [5.41, 5.74) is -1.46. The summed E-state index contributed by atoms with van der Waals surface area (Å²) in [6.07, 6.45) is 1.22. The van der Waals surface area contributed by atoms with Gasteiger partial charge in [-0.1, -0.05) is 0 Å². The highest BCUT2D eigenvalue weighted by Crippen LogP contribution is 1.72. The Morgan fingerprint density at radius 2 is 2.31 bits per heavy atom. The van der Waals surface area contributed by atoms with Gasteiger partial charge in [-0.15, -0.1) is 0 Å². The zero-order valence-corrected chi connectivity index (χ0v) is 8.82. The van der Waals surface area contributed by atoms with Gasteiger partial charge in [-0.2, -0.15) is 5.10 Å². The summed E-state index contributed by atoms with van der Waals surface area (Å²) < 4.78 is 1.14. The highest BCUT2D eigenvalue weighted by atomic mass is 16.2. The number of aromatic amines is 1. The van der Waals surface area contributed by atoms with Crippen molar-refractivity contribution in [2.75, 3.05) is 20.1 Å². The fraction of sp³-hybridized carbons (Fsp3) is 0.500. The molecule has 0 aromatic carbocycles. The molecule has 8 nitrogen and oxygen atoms in total. The van der Waals surface area contributed by atoms with Crippen LogP contribution in [-0.2, 0) is 11.3 Å². The van der Waals surface area contributed by atoms with E-state index in [1.165, 1.54) is 6.33 Å². The third kappa shape index (κ3) is 3.31. The zero-order chi connectivity index (χ0) is 12.0. The molecule has 1 aromatic rings. The first-order valence-corrected chi connectivity index (χ1v) is 4.70. The average molecular weight is 227 g/mol. The van der Waals surface area contributed by atoms with Gasteiger partial charge >= 0.3 is 11.1 Å². The first kappa shape index (κ1) is 12.1. The van der Waals surface area contributed by atoms with E-state index in [0.29, 0.717) is 0 Å². The fourth-order valence-electron chi connectivity index (χ4n) is 1.09. The van der Waals surface area contributed by atoms with Crippen molar-refractivity contribution >= 4 is 5.91 Å². The Balaban J connectivity index is 2.50. The molecule has 0 atom stereocenters. The van der Waals surface area contributed by atoms with Crippen molar-refractivity contribution in [1.82, 2.24) is 25.4 Å². The molecule has 0 aliphatic rings. The van der Waals surface area contributed by atoms with E-state index in [2.05, 4.69) is 15.7 Å². The molecule has 8 heteroatoms. The van der Waals surface area contributed by atoms with E-state index in [1.54, 1.807) is 7.05 Å². The maximum absolute atomic E-state index is 11.2. The van der Waals surface area contributed by atoms with Gasteiger partial charge in [-0.3, -0.25) is 19.0 Å². The Morgan fingerprint density at radius 3 is 3.00 bits per heavy atom. The van der Waals surface area contributed by atoms with Gasteiger partial charge in [-0.25, -0.2) is 5.10 Å². The zero-order valence-electron chi connectivity index (χ0n) is 8.82. The Hall–Kier alpha value is -1.96. The van der Waals surface area contributed by atoms with Crippen molar-refractivity contribution < 1.29 is 4.79 Å². The van der Waals surface area contributed by atoms with Crippen LogP contribution < -0.4 is 21.8 Å². The van der Waals surface area contributed by atoms with Crippen LogP contribution in [0.3, 0.4) is 0 Å². The Kier molecular flexibility index (Phi) is 4.40. The minimum Gasteiger partial charge on any atom is -0.353 e. The lowest BCUT2D eigenvalue weighted by Crippen LogP contribution is -2.40. The largest absolute Gasteiger partial charge is 0.353 e. The van der Waals surface area contributed by atoms with Crippen LogP contribution >= 0.6 is 0 Å². The molecule has 88 valence electrons. The van der Waals surface area contributed by atoms with Gasteiger partial charge in [-0.05, 0) is 7.05 Å². The van der Waals surface area contributed by atoms with Crippen LogP contribution in [0.5, 0.6) is 0 Å². The van der Waals surface area contributed by atoms with Gasteiger partial charge in [0.2, 0.25) is 5.91 Å². The summed E-state index contributed by atoms with van der Waals surface area (Å²) in [5, 5.41) is 10.8. The lowest BCUT2D eigenvalue weighted by molar-refractivity contribution is -0.120. The lowest BCUT2D eigenvalue weighted by Gasteiger charge is -2.05. The minimum absolute atomic E-state index is 0.173. The van der Waals surface area contributed by atoms with Crippen molar-refractivity contribution in [3.63, 3.8) is 0 Å². The van der Waals surface area contributed by atoms with E-state index in [0.717, 1.165) is 4.57 Å². The van der Waals surface area contributed by atoms with Gasteiger partial charge < -0.3 is 10.6 Å². The van der Waals surface area contributed by atoms with Crippen LogP contribution in [-0.4, -0.2) is 40.8 Å². The maximum Gasteiger partial charge on any atom is 0.330 e. The van der Waals surface area contributed by atoms with Crippen LogP contribution in [0.25, 0.3) is 0 Å². The molecule has 0 unspecified atom stereocenters. The molecule has 1 amide bonds. The molecular formula is C8H13N5O3. The van der Waals surface area contributed by atoms with Crippen LogP contribution in [0.4, 0.5) is 0 Å². The third-order valence-electron chi connectivity index (χ3n) is 1.83. The van der Waals surface area contributed by atoms with Crippen LogP contribution in [0.15, 0.2) is 15.9 Å². The maximum atomic E-state index is 11.2. The van der Waals surface area contributed by atoms with E-state index < -0.39 is 11.1 Å². The monoisotopic (exact) mass is 227 g/mol. The SMILES string of the molecule is CNCC(=O)NCCn1cn[nH]c(=O)c1=O. The molecule has 1 heterocycles. The highest BCUT2D eigenvalue weighted by molar-refractivity contribution is 5.77. The van der Waals surface area contributed by atoms with E-state index in [1.807, 2.05) is 5.10 Å². The predicted octanol–water partition coefficient (Wildman–Crippen LogP) is -2.73. The number of aromatic nitrogens is 3. The quantitative estimate of drug-likeness (QED) is 0.473. The summed E-state index contributed by atoms with van der Waals surface area (Å²) in [4.78, 5) is 33.2. The highest BCUT2D eigenvalue weighted by Gasteiger charge is 2.01. The number of likely N-dealkylation sites (N-methyl/N-ethyl adjacent to an activating group) is 1. The van der Waals surface area contributed by atoms with Crippen molar-refractivity contribution in [2.45, 2.75) is 6.54 Å². The minimum atomic E-state index is -0.774. The lowest BCUT2D eigenvalue weighted by atomic mass is 10.5. The molecular weight excluding hydrogens is 214 g/mol. The summed E-state index contributed by atoms with van der Waals surface area (Å²) in [6.45, 7) is 0.694. The molecule has 1 aromatic heterocycles. The molecule has 0 saturated carbocycles. The molecule has 0 radical (unpaired) electrons. The second-order valence-electron chi connectivity index (χ2n) is 3.06. The number of carbonyl (C=O) groups excluding carboxylic acids is 1. The van der Waals surface area contributed by atoms with Crippen LogP contribution in [0, 0.1) is 0 Å². The van der Waals surface area contributed by atoms with Crippen molar-refractivity contribution in [1.29, 1.82) is 0 Å². The van der Waals surface area contributed by atoms with Crippen molar-refractivity contribution in [3.8, 4) is 0 Å². The molecule has 0 spiro atoms. The van der Waals surface area contributed by atoms with Gasteiger partial charge in [0.15, 0.2) is 0 Å². The Labute approximate surface area is 90.7 Å². The normalized spacial score (nSPS) is 10.1. The van der Waals surface area contributed by atoms with Crippen molar-refractivity contribution in [3.05, 3.63) is 27.0 Å². The van der Waals surface area contributed by atoms with Gasteiger partial charge in [0.1, 0.15) is 6.33 Å². The van der Waals surface area contributed by atoms with E-state index in [4.69, 9.17) is 0 Å². The number of rotatable bonds is 5. The second kappa shape index (κ2) is 5.81. The molecule has 3 N–H and O–H groups in total. The van der Waals surface area contributed by atoms with E-state index in [-0.39, 0.29) is 25.5 Å². The third-order valence-corrected chi connectivity index (χ3v) is 1.83. The average Bonchev–Trinajstić information content (AvgIpc) is 2.25. The first-order valence-electron chi connectivity index (χ1n) is 4.70. The van der Waals surface area contributed by atoms with E-state index in [9.17, 15) is 14.4 Å².